The molecular weight excluding hydrogens is 162 g/mol. The minimum atomic E-state index is 0.105. The van der Waals surface area contributed by atoms with Crippen LogP contribution in [-0.4, -0.2) is 29.8 Å². The summed E-state index contributed by atoms with van der Waals surface area (Å²) in [4.78, 5) is 13.2. The summed E-state index contributed by atoms with van der Waals surface area (Å²) >= 11 is 5.58. The number of carbonyl (C=O) groups is 1. The largest absolute Gasteiger partial charge is 0.339 e. The van der Waals surface area contributed by atoms with E-state index in [0.29, 0.717) is 5.88 Å². The van der Waals surface area contributed by atoms with Crippen molar-refractivity contribution in [3.8, 4) is 0 Å². The van der Waals surface area contributed by atoms with Gasteiger partial charge < -0.3 is 4.90 Å². The van der Waals surface area contributed by atoms with Crippen LogP contribution in [0.3, 0.4) is 0 Å². The topological polar surface area (TPSA) is 20.3 Å². The van der Waals surface area contributed by atoms with Crippen molar-refractivity contribution < 1.29 is 4.79 Å². The van der Waals surface area contributed by atoms with Crippen LogP contribution in [0.5, 0.6) is 0 Å². The summed E-state index contributed by atoms with van der Waals surface area (Å²) in [5.41, 5.74) is 0.750. The maximum absolute atomic E-state index is 11.4. The van der Waals surface area contributed by atoms with Crippen LogP contribution in [0.15, 0.2) is 11.6 Å². The molecule has 1 aliphatic rings. The normalized spacial score (nSPS) is 18.5. The van der Waals surface area contributed by atoms with Crippen molar-refractivity contribution in [1.29, 1.82) is 0 Å². The monoisotopic (exact) mass is 173 g/mol. The Balaban J connectivity index is 2.68. The van der Waals surface area contributed by atoms with E-state index in [1.807, 2.05) is 17.9 Å². The lowest BCUT2D eigenvalue weighted by molar-refractivity contribution is -0.127. The van der Waals surface area contributed by atoms with Gasteiger partial charge in [-0.3, -0.25) is 4.79 Å². The Morgan fingerprint density at radius 2 is 2.45 bits per heavy atom. The second-order valence-corrected chi connectivity index (χ2v) is 2.80. The number of alkyl halides is 1. The van der Waals surface area contributed by atoms with Crippen LogP contribution in [0.25, 0.3) is 0 Å². The van der Waals surface area contributed by atoms with Crippen LogP contribution in [-0.2, 0) is 4.79 Å². The molecule has 0 fully saturated rings. The Bertz CT molecular complexity index is 189. The average molecular weight is 174 g/mol. The summed E-state index contributed by atoms with van der Waals surface area (Å²) in [6.07, 6.45) is 2.88. The summed E-state index contributed by atoms with van der Waals surface area (Å²) in [6, 6.07) is 0. The highest BCUT2D eigenvalue weighted by Crippen LogP contribution is 2.11. The van der Waals surface area contributed by atoms with Gasteiger partial charge in [-0.25, -0.2) is 0 Å². The first-order valence-electron chi connectivity index (χ1n) is 3.84. The number of nitrogens with zero attached hydrogens (tertiary/aromatic N) is 1. The Morgan fingerprint density at radius 1 is 1.73 bits per heavy atom. The molecule has 0 aromatic rings. The van der Waals surface area contributed by atoms with Gasteiger partial charge in [0.25, 0.3) is 5.91 Å². The first-order chi connectivity index (χ1) is 5.29. The molecule has 0 saturated carbocycles. The Morgan fingerprint density at radius 3 is 3.00 bits per heavy atom. The van der Waals surface area contributed by atoms with E-state index in [-0.39, 0.29) is 5.91 Å². The first kappa shape index (κ1) is 8.60. The molecular formula is C8H12ClNO. The van der Waals surface area contributed by atoms with E-state index in [9.17, 15) is 4.79 Å². The molecule has 0 aromatic carbocycles. The van der Waals surface area contributed by atoms with E-state index in [0.717, 1.165) is 25.1 Å². The molecule has 0 saturated heterocycles. The van der Waals surface area contributed by atoms with Gasteiger partial charge >= 0.3 is 0 Å². The molecule has 3 heteroatoms. The smallest absolute Gasteiger partial charge is 0.250 e. The van der Waals surface area contributed by atoms with E-state index < -0.39 is 0 Å². The summed E-state index contributed by atoms with van der Waals surface area (Å²) < 4.78 is 0. The lowest BCUT2D eigenvalue weighted by atomic mass is 10.1. The molecule has 62 valence electrons. The number of rotatable bonds is 2. The zero-order valence-electron chi connectivity index (χ0n) is 6.64. The molecule has 0 radical (unpaired) electrons. The predicted octanol–water partition coefficient (Wildman–Crippen LogP) is 1.40. The molecule has 0 aromatic heterocycles. The molecule has 0 atom stereocenters. The third kappa shape index (κ3) is 1.74. The first-order valence-corrected chi connectivity index (χ1v) is 4.37. The fraction of sp³-hybridized carbons (Fsp3) is 0.625. The van der Waals surface area contributed by atoms with Gasteiger partial charge in [0.2, 0.25) is 0 Å². The van der Waals surface area contributed by atoms with E-state index in [4.69, 9.17) is 11.6 Å². The Kier molecular flexibility index (Phi) is 2.94. The summed E-state index contributed by atoms with van der Waals surface area (Å²) in [5, 5.41) is 0. The lowest BCUT2D eigenvalue weighted by Crippen LogP contribution is -2.35. The van der Waals surface area contributed by atoms with Crippen molar-refractivity contribution >= 4 is 17.5 Å². The third-order valence-electron chi connectivity index (χ3n) is 1.88. The second kappa shape index (κ2) is 3.77. The molecule has 0 bridgehead atoms. The highest BCUT2D eigenvalue weighted by molar-refractivity contribution is 6.22. The molecule has 1 aliphatic heterocycles. The lowest BCUT2D eigenvalue weighted by Gasteiger charge is -2.24. The van der Waals surface area contributed by atoms with E-state index in [1.165, 1.54) is 0 Å². The zero-order valence-corrected chi connectivity index (χ0v) is 7.40. The van der Waals surface area contributed by atoms with Crippen molar-refractivity contribution in [1.82, 2.24) is 4.90 Å². The summed E-state index contributed by atoms with van der Waals surface area (Å²) in [6.45, 7) is 3.61. The molecule has 0 N–H and O–H groups in total. The van der Waals surface area contributed by atoms with Crippen LogP contribution >= 0.6 is 11.6 Å². The molecule has 2 nitrogen and oxygen atoms in total. The van der Waals surface area contributed by atoms with Crippen LogP contribution in [0, 0.1) is 0 Å². The van der Waals surface area contributed by atoms with Gasteiger partial charge in [-0.2, -0.15) is 0 Å². The number of likely N-dealkylation sites (N-methyl/N-ethyl adjacent to an activating group) is 1. The van der Waals surface area contributed by atoms with Gasteiger partial charge in [0.1, 0.15) is 0 Å². The SMILES string of the molecule is CCN1CCC=C(CCl)C1=O. The zero-order chi connectivity index (χ0) is 8.27. The molecule has 1 rings (SSSR count). The number of hydrogen-bond donors (Lipinski definition) is 0. The molecule has 0 aliphatic carbocycles. The van der Waals surface area contributed by atoms with Crippen molar-refractivity contribution in [3.05, 3.63) is 11.6 Å². The van der Waals surface area contributed by atoms with Crippen LogP contribution < -0.4 is 0 Å². The van der Waals surface area contributed by atoms with Crippen LogP contribution in [0.2, 0.25) is 0 Å². The van der Waals surface area contributed by atoms with Crippen molar-refractivity contribution in [3.63, 3.8) is 0 Å². The molecule has 0 spiro atoms. The molecule has 0 unspecified atom stereocenters. The minimum Gasteiger partial charge on any atom is -0.339 e. The van der Waals surface area contributed by atoms with Gasteiger partial charge in [0.15, 0.2) is 0 Å². The van der Waals surface area contributed by atoms with Crippen molar-refractivity contribution in [2.24, 2.45) is 0 Å². The fourth-order valence-electron chi connectivity index (χ4n) is 1.20. The minimum absolute atomic E-state index is 0.105. The van der Waals surface area contributed by atoms with E-state index in [1.54, 1.807) is 0 Å². The van der Waals surface area contributed by atoms with Crippen molar-refractivity contribution in [2.75, 3.05) is 19.0 Å². The van der Waals surface area contributed by atoms with Gasteiger partial charge in [-0.1, -0.05) is 6.08 Å². The summed E-state index contributed by atoms with van der Waals surface area (Å²) in [7, 11) is 0. The number of amides is 1. The van der Waals surface area contributed by atoms with E-state index in [2.05, 4.69) is 0 Å². The number of halogens is 1. The highest BCUT2D eigenvalue weighted by atomic mass is 35.5. The maximum Gasteiger partial charge on any atom is 0.250 e. The molecule has 1 heterocycles. The Labute approximate surface area is 71.8 Å². The third-order valence-corrected chi connectivity index (χ3v) is 2.17. The van der Waals surface area contributed by atoms with Crippen LogP contribution in [0.4, 0.5) is 0 Å². The summed E-state index contributed by atoms with van der Waals surface area (Å²) in [5.74, 6) is 0.448. The van der Waals surface area contributed by atoms with E-state index >= 15 is 0 Å². The molecule has 1 amide bonds. The number of hydrogen-bond acceptors (Lipinski definition) is 1. The Hall–Kier alpha value is -0.500. The van der Waals surface area contributed by atoms with Gasteiger partial charge in [0, 0.05) is 18.7 Å². The van der Waals surface area contributed by atoms with Crippen LogP contribution in [0.1, 0.15) is 13.3 Å². The van der Waals surface area contributed by atoms with Gasteiger partial charge in [-0.05, 0) is 13.3 Å². The second-order valence-electron chi connectivity index (χ2n) is 2.54. The highest BCUT2D eigenvalue weighted by Gasteiger charge is 2.18. The van der Waals surface area contributed by atoms with Crippen molar-refractivity contribution in [2.45, 2.75) is 13.3 Å². The fourth-order valence-corrected chi connectivity index (χ4v) is 1.42. The predicted molar refractivity (Wildman–Crippen MR) is 45.7 cm³/mol. The van der Waals surface area contributed by atoms with Gasteiger partial charge in [-0.15, -0.1) is 11.6 Å². The molecule has 11 heavy (non-hydrogen) atoms. The maximum atomic E-state index is 11.4. The average Bonchev–Trinajstić information content (AvgIpc) is 2.05. The standard InChI is InChI=1S/C8H12ClNO/c1-2-10-5-3-4-7(6-9)8(10)11/h4H,2-3,5-6H2,1H3. The quantitative estimate of drug-likeness (QED) is 0.579. The number of carbonyl (C=O) groups excluding carboxylic acids is 1. The van der Waals surface area contributed by atoms with Gasteiger partial charge in [0.05, 0.1) is 5.88 Å².